The van der Waals surface area contributed by atoms with Gasteiger partial charge in [0.2, 0.25) is 5.91 Å². The summed E-state index contributed by atoms with van der Waals surface area (Å²) in [6.07, 6.45) is 6.00. The summed E-state index contributed by atoms with van der Waals surface area (Å²) in [6.45, 7) is 5.12. The van der Waals surface area contributed by atoms with Crippen molar-refractivity contribution in [3.8, 4) is 0 Å². The highest BCUT2D eigenvalue weighted by atomic mass is 16.5. The first-order valence-corrected chi connectivity index (χ1v) is 7.60. The van der Waals surface area contributed by atoms with Crippen LogP contribution >= 0.6 is 0 Å². The molecule has 1 fully saturated rings. The summed E-state index contributed by atoms with van der Waals surface area (Å²) in [5, 5.41) is 3.12. The van der Waals surface area contributed by atoms with E-state index in [-0.39, 0.29) is 18.1 Å². The maximum atomic E-state index is 12.0. The molecule has 112 valence electrons. The van der Waals surface area contributed by atoms with Gasteiger partial charge in [0.05, 0.1) is 12.1 Å². The van der Waals surface area contributed by atoms with Crippen LogP contribution in [0.5, 0.6) is 0 Å². The molecule has 3 atom stereocenters. The fourth-order valence-electron chi connectivity index (χ4n) is 2.99. The number of carbonyl (C=O) groups is 1. The third-order valence-electron chi connectivity index (χ3n) is 4.32. The van der Waals surface area contributed by atoms with Gasteiger partial charge >= 0.3 is 0 Å². The first-order chi connectivity index (χ1) is 9.08. The van der Waals surface area contributed by atoms with Gasteiger partial charge in [-0.3, -0.25) is 4.79 Å². The molecule has 1 amide bonds. The quantitative estimate of drug-likeness (QED) is 0.709. The fourth-order valence-corrected chi connectivity index (χ4v) is 2.99. The Balaban J connectivity index is 2.30. The van der Waals surface area contributed by atoms with Crippen molar-refractivity contribution in [2.24, 2.45) is 17.6 Å². The van der Waals surface area contributed by atoms with Crippen LogP contribution in [-0.2, 0) is 9.53 Å². The second kappa shape index (κ2) is 8.54. The smallest absolute Gasteiger partial charge is 0.220 e. The van der Waals surface area contributed by atoms with Gasteiger partial charge in [-0.25, -0.2) is 0 Å². The van der Waals surface area contributed by atoms with E-state index in [1.54, 1.807) is 7.11 Å². The molecule has 3 N–H and O–H groups in total. The van der Waals surface area contributed by atoms with E-state index in [1.807, 2.05) is 0 Å². The molecule has 1 saturated carbocycles. The van der Waals surface area contributed by atoms with Gasteiger partial charge in [-0.05, 0) is 50.5 Å². The zero-order chi connectivity index (χ0) is 14.3. The van der Waals surface area contributed by atoms with E-state index in [9.17, 15) is 4.79 Å². The molecule has 0 saturated heterocycles. The van der Waals surface area contributed by atoms with E-state index in [4.69, 9.17) is 10.5 Å². The SMILES string of the molecule is COC1CCCC1NC(=O)CCC(CCN)C(C)C. The molecule has 0 aliphatic heterocycles. The Morgan fingerprint density at radius 2 is 2.11 bits per heavy atom. The number of ether oxygens (including phenoxy) is 1. The van der Waals surface area contributed by atoms with Gasteiger partial charge in [-0.1, -0.05) is 13.8 Å². The van der Waals surface area contributed by atoms with Crippen molar-refractivity contribution in [1.82, 2.24) is 5.32 Å². The van der Waals surface area contributed by atoms with E-state index in [0.717, 1.165) is 32.1 Å². The number of rotatable bonds is 8. The van der Waals surface area contributed by atoms with Gasteiger partial charge in [-0.2, -0.15) is 0 Å². The van der Waals surface area contributed by atoms with Crippen LogP contribution in [0.4, 0.5) is 0 Å². The minimum Gasteiger partial charge on any atom is -0.379 e. The summed E-state index contributed by atoms with van der Waals surface area (Å²) in [7, 11) is 1.73. The summed E-state index contributed by atoms with van der Waals surface area (Å²) in [5.41, 5.74) is 5.62. The number of hydrogen-bond donors (Lipinski definition) is 2. The second-order valence-electron chi connectivity index (χ2n) is 6.00. The summed E-state index contributed by atoms with van der Waals surface area (Å²) >= 11 is 0. The highest BCUT2D eigenvalue weighted by Gasteiger charge is 2.28. The van der Waals surface area contributed by atoms with Crippen LogP contribution in [0.15, 0.2) is 0 Å². The number of nitrogens with two attached hydrogens (primary N) is 1. The molecular formula is C15H30N2O2. The lowest BCUT2D eigenvalue weighted by molar-refractivity contribution is -0.123. The normalized spacial score (nSPS) is 24.7. The minimum atomic E-state index is 0.164. The van der Waals surface area contributed by atoms with Crippen LogP contribution in [-0.4, -0.2) is 31.7 Å². The van der Waals surface area contributed by atoms with Gasteiger partial charge in [-0.15, -0.1) is 0 Å². The summed E-state index contributed by atoms with van der Waals surface area (Å²) in [4.78, 5) is 12.0. The third-order valence-corrected chi connectivity index (χ3v) is 4.32. The first-order valence-electron chi connectivity index (χ1n) is 7.60. The molecule has 1 aliphatic rings. The average molecular weight is 270 g/mol. The third kappa shape index (κ3) is 5.49. The number of methoxy groups -OCH3 is 1. The van der Waals surface area contributed by atoms with Gasteiger partial charge in [0.25, 0.3) is 0 Å². The van der Waals surface area contributed by atoms with Crippen LogP contribution in [0.3, 0.4) is 0 Å². The molecule has 0 aromatic heterocycles. The standard InChI is InChI=1S/C15H30N2O2/c1-11(2)12(9-10-16)7-8-15(18)17-13-5-4-6-14(13)19-3/h11-14H,4-10,16H2,1-3H3,(H,17,18). The van der Waals surface area contributed by atoms with Crippen molar-refractivity contribution in [3.63, 3.8) is 0 Å². The maximum absolute atomic E-state index is 12.0. The monoisotopic (exact) mass is 270 g/mol. The summed E-state index contributed by atoms with van der Waals surface area (Å²) in [6, 6.07) is 0.213. The lowest BCUT2D eigenvalue weighted by atomic mass is 9.88. The Morgan fingerprint density at radius 3 is 2.68 bits per heavy atom. The van der Waals surface area contributed by atoms with Crippen LogP contribution < -0.4 is 11.1 Å². The lowest BCUT2D eigenvalue weighted by Crippen LogP contribution is -2.40. The van der Waals surface area contributed by atoms with Crippen LogP contribution in [0.2, 0.25) is 0 Å². The first kappa shape index (κ1) is 16.4. The number of carbonyl (C=O) groups excluding carboxylic acids is 1. The molecule has 4 heteroatoms. The molecule has 3 unspecified atom stereocenters. The van der Waals surface area contributed by atoms with E-state index < -0.39 is 0 Å². The van der Waals surface area contributed by atoms with E-state index in [2.05, 4.69) is 19.2 Å². The predicted octanol–water partition coefficient (Wildman–Crippen LogP) is 2.07. The zero-order valence-electron chi connectivity index (χ0n) is 12.7. The molecule has 4 nitrogen and oxygen atoms in total. The maximum Gasteiger partial charge on any atom is 0.220 e. The number of nitrogens with one attached hydrogen (secondary N) is 1. The topological polar surface area (TPSA) is 64.3 Å². The second-order valence-corrected chi connectivity index (χ2v) is 6.00. The molecule has 0 bridgehead atoms. The largest absolute Gasteiger partial charge is 0.379 e. The molecule has 0 heterocycles. The number of amides is 1. The highest BCUT2D eigenvalue weighted by molar-refractivity contribution is 5.76. The van der Waals surface area contributed by atoms with Crippen molar-refractivity contribution in [2.75, 3.05) is 13.7 Å². The van der Waals surface area contributed by atoms with Crippen LogP contribution in [0.25, 0.3) is 0 Å². The van der Waals surface area contributed by atoms with Gasteiger partial charge < -0.3 is 15.8 Å². The highest BCUT2D eigenvalue weighted by Crippen LogP contribution is 2.23. The Hall–Kier alpha value is -0.610. The molecular weight excluding hydrogens is 240 g/mol. The van der Waals surface area contributed by atoms with Crippen LogP contribution in [0, 0.1) is 11.8 Å². The van der Waals surface area contributed by atoms with Gasteiger partial charge in [0.15, 0.2) is 0 Å². The summed E-state index contributed by atoms with van der Waals surface area (Å²) in [5.74, 6) is 1.31. The molecule has 1 aliphatic carbocycles. The minimum absolute atomic E-state index is 0.164. The van der Waals surface area contributed by atoms with E-state index in [1.165, 1.54) is 0 Å². The molecule has 0 aromatic carbocycles. The van der Waals surface area contributed by atoms with E-state index >= 15 is 0 Å². The van der Waals surface area contributed by atoms with Crippen molar-refractivity contribution in [2.45, 2.75) is 64.5 Å². The van der Waals surface area contributed by atoms with Crippen LogP contribution in [0.1, 0.15) is 52.4 Å². The number of hydrogen-bond acceptors (Lipinski definition) is 3. The molecule has 0 aromatic rings. The van der Waals surface area contributed by atoms with Gasteiger partial charge in [0.1, 0.15) is 0 Å². The Bertz CT molecular complexity index is 269. The Morgan fingerprint density at radius 1 is 1.37 bits per heavy atom. The Kier molecular flexibility index (Phi) is 7.39. The van der Waals surface area contributed by atoms with Crippen molar-refractivity contribution in [3.05, 3.63) is 0 Å². The Labute approximate surface area is 117 Å². The molecule has 19 heavy (non-hydrogen) atoms. The van der Waals surface area contributed by atoms with Crippen molar-refractivity contribution < 1.29 is 9.53 Å². The lowest BCUT2D eigenvalue weighted by Gasteiger charge is -2.22. The van der Waals surface area contributed by atoms with Crippen molar-refractivity contribution in [1.29, 1.82) is 0 Å². The summed E-state index contributed by atoms with van der Waals surface area (Å²) < 4.78 is 5.40. The predicted molar refractivity (Wildman–Crippen MR) is 77.8 cm³/mol. The molecule has 0 spiro atoms. The fraction of sp³-hybridized carbons (Fsp3) is 0.933. The van der Waals surface area contributed by atoms with E-state index in [0.29, 0.717) is 24.8 Å². The molecule has 1 rings (SSSR count). The van der Waals surface area contributed by atoms with Gasteiger partial charge in [0, 0.05) is 13.5 Å². The average Bonchev–Trinajstić information content (AvgIpc) is 2.81. The zero-order valence-corrected chi connectivity index (χ0v) is 12.7. The molecule has 0 radical (unpaired) electrons. The van der Waals surface area contributed by atoms with Crippen molar-refractivity contribution >= 4 is 5.91 Å².